The Kier molecular flexibility index (Phi) is 7.70. The van der Waals surface area contributed by atoms with Gasteiger partial charge in [-0.2, -0.15) is 0 Å². The molecule has 0 aliphatic carbocycles. The molecular formula is C27H32N2O6. The molecule has 2 aromatic rings. The van der Waals surface area contributed by atoms with Crippen molar-refractivity contribution in [3.63, 3.8) is 0 Å². The fourth-order valence-corrected chi connectivity index (χ4v) is 5.01. The van der Waals surface area contributed by atoms with Gasteiger partial charge in [-0.25, -0.2) is 9.69 Å². The van der Waals surface area contributed by atoms with E-state index in [1.807, 2.05) is 12.1 Å². The number of anilines is 1. The van der Waals surface area contributed by atoms with E-state index in [4.69, 9.17) is 14.2 Å². The van der Waals surface area contributed by atoms with Crippen LogP contribution in [0.15, 0.2) is 42.5 Å². The summed E-state index contributed by atoms with van der Waals surface area (Å²) in [5.41, 5.74) is 2.03. The second kappa shape index (κ2) is 10.9. The van der Waals surface area contributed by atoms with Gasteiger partial charge in [0.15, 0.2) is 0 Å². The molecule has 2 fully saturated rings. The SMILES string of the molecule is COC(=O)c1ccc(N2C(=O)CC(N3CCC(CCc4ccc(OC)cc4OC)CC3)C2=O)cc1. The van der Waals surface area contributed by atoms with Gasteiger partial charge in [0.05, 0.1) is 45.0 Å². The van der Waals surface area contributed by atoms with Crippen molar-refractivity contribution < 1.29 is 28.6 Å². The van der Waals surface area contributed by atoms with Gasteiger partial charge in [0.2, 0.25) is 5.91 Å². The van der Waals surface area contributed by atoms with Crippen molar-refractivity contribution >= 4 is 23.5 Å². The molecule has 0 spiro atoms. The first-order valence-electron chi connectivity index (χ1n) is 11.9. The number of imide groups is 1. The van der Waals surface area contributed by atoms with E-state index >= 15 is 0 Å². The van der Waals surface area contributed by atoms with Crippen LogP contribution in [0, 0.1) is 5.92 Å². The molecule has 8 nitrogen and oxygen atoms in total. The summed E-state index contributed by atoms with van der Waals surface area (Å²) in [6, 6.07) is 11.9. The first-order chi connectivity index (χ1) is 16.9. The standard InChI is InChI=1S/C27H32N2O6/c1-33-22-11-8-19(24(16-22)34-2)5-4-18-12-14-28(15-13-18)23-17-25(30)29(26(23)31)21-9-6-20(7-10-21)27(32)35-3/h6-11,16,18,23H,4-5,12-15,17H2,1-3H3. The Labute approximate surface area is 205 Å². The average Bonchev–Trinajstić information content (AvgIpc) is 3.20. The van der Waals surface area contributed by atoms with Gasteiger partial charge in [-0.05, 0) is 80.6 Å². The minimum atomic E-state index is -0.457. The molecule has 35 heavy (non-hydrogen) atoms. The lowest BCUT2D eigenvalue weighted by Gasteiger charge is -2.35. The highest BCUT2D eigenvalue weighted by molar-refractivity contribution is 6.22. The maximum absolute atomic E-state index is 13.2. The van der Waals surface area contributed by atoms with E-state index in [1.165, 1.54) is 17.6 Å². The van der Waals surface area contributed by atoms with Crippen LogP contribution in [0.5, 0.6) is 11.5 Å². The van der Waals surface area contributed by atoms with Gasteiger partial charge < -0.3 is 14.2 Å². The highest BCUT2D eigenvalue weighted by Crippen LogP contribution is 2.32. The molecule has 0 bridgehead atoms. The lowest BCUT2D eigenvalue weighted by molar-refractivity contribution is -0.123. The molecule has 2 amide bonds. The van der Waals surface area contributed by atoms with Crippen LogP contribution in [0.25, 0.3) is 0 Å². The minimum Gasteiger partial charge on any atom is -0.497 e. The molecule has 8 heteroatoms. The summed E-state index contributed by atoms with van der Waals surface area (Å²) < 4.78 is 15.5. The summed E-state index contributed by atoms with van der Waals surface area (Å²) in [4.78, 5) is 40.9. The fourth-order valence-electron chi connectivity index (χ4n) is 5.01. The Bertz CT molecular complexity index is 1080. The first kappa shape index (κ1) is 24.7. The molecule has 1 unspecified atom stereocenters. The summed E-state index contributed by atoms with van der Waals surface area (Å²) in [6.07, 6.45) is 4.14. The molecule has 4 rings (SSSR count). The summed E-state index contributed by atoms with van der Waals surface area (Å²) in [5, 5.41) is 0. The maximum Gasteiger partial charge on any atom is 0.337 e. The van der Waals surface area contributed by atoms with E-state index in [0.717, 1.165) is 50.3 Å². The number of piperidine rings is 1. The summed E-state index contributed by atoms with van der Waals surface area (Å²) in [7, 11) is 4.63. The van der Waals surface area contributed by atoms with Crippen LogP contribution in [0.2, 0.25) is 0 Å². The number of rotatable bonds is 8. The number of hydrogen-bond acceptors (Lipinski definition) is 7. The second-order valence-corrected chi connectivity index (χ2v) is 9.02. The molecule has 0 N–H and O–H groups in total. The van der Waals surface area contributed by atoms with Gasteiger partial charge in [0.25, 0.3) is 5.91 Å². The van der Waals surface area contributed by atoms with Crippen LogP contribution in [0.4, 0.5) is 5.69 Å². The van der Waals surface area contributed by atoms with Gasteiger partial charge >= 0.3 is 5.97 Å². The zero-order valence-electron chi connectivity index (χ0n) is 20.5. The van der Waals surface area contributed by atoms with E-state index in [1.54, 1.807) is 38.5 Å². The van der Waals surface area contributed by atoms with Gasteiger partial charge in [0, 0.05) is 6.07 Å². The van der Waals surface area contributed by atoms with Gasteiger partial charge in [0.1, 0.15) is 11.5 Å². The lowest BCUT2D eigenvalue weighted by atomic mass is 9.89. The number of esters is 1. The lowest BCUT2D eigenvalue weighted by Crippen LogP contribution is -2.46. The zero-order chi connectivity index (χ0) is 24.9. The number of carbonyl (C=O) groups excluding carboxylic acids is 3. The number of amides is 2. The van der Waals surface area contributed by atoms with Gasteiger partial charge in [-0.3, -0.25) is 14.5 Å². The van der Waals surface area contributed by atoms with Crippen molar-refractivity contribution in [1.29, 1.82) is 0 Å². The summed E-state index contributed by atoms with van der Waals surface area (Å²) in [6.45, 7) is 1.59. The molecule has 2 aliphatic heterocycles. The number of aryl methyl sites for hydroxylation is 1. The Hall–Kier alpha value is -3.39. The number of carbonyl (C=O) groups is 3. The third kappa shape index (κ3) is 5.32. The third-order valence-electron chi connectivity index (χ3n) is 7.08. The Morgan fingerprint density at radius 2 is 1.69 bits per heavy atom. The smallest absolute Gasteiger partial charge is 0.337 e. The highest BCUT2D eigenvalue weighted by atomic mass is 16.5. The van der Waals surface area contributed by atoms with Crippen LogP contribution < -0.4 is 14.4 Å². The number of nitrogens with zero attached hydrogens (tertiary/aromatic N) is 2. The molecule has 1 atom stereocenters. The summed E-state index contributed by atoms with van der Waals surface area (Å²) in [5.74, 6) is 1.33. The van der Waals surface area contributed by atoms with Crippen molar-refractivity contribution in [3.8, 4) is 11.5 Å². The van der Waals surface area contributed by atoms with E-state index < -0.39 is 12.0 Å². The maximum atomic E-state index is 13.2. The van der Waals surface area contributed by atoms with Gasteiger partial charge in [-0.1, -0.05) is 6.07 Å². The van der Waals surface area contributed by atoms with Crippen LogP contribution >= 0.6 is 0 Å². The van der Waals surface area contributed by atoms with Crippen molar-refractivity contribution in [3.05, 3.63) is 53.6 Å². The molecule has 2 saturated heterocycles. The van der Waals surface area contributed by atoms with Crippen LogP contribution in [0.3, 0.4) is 0 Å². The Morgan fingerprint density at radius 1 is 0.971 bits per heavy atom. The van der Waals surface area contributed by atoms with Crippen LogP contribution in [0.1, 0.15) is 41.6 Å². The van der Waals surface area contributed by atoms with Crippen molar-refractivity contribution in [1.82, 2.24) is 4.90 Å². The predicted molar refractivity (Wildman–Crippen MR) is 131 cm³/mol. The normalized spacial score (nSPS) is 19.2. The molecular weight excluding hydrogens is 448 g/mol. The number of ether oxygens (including phenoxy) is 3. The predicted octanol–water partition coefficient (Wildman–Crippen LogP) is 3.47. The number of methoxy groups -OCH3 is 3. The highest BCUT2D eigenvalue weighted by Gasteiger charge is 2.43. The van der Waals surface area contributed by atoms with E-state index in [2.05, 4.69) is 11.0 Å². The zero-order valence-corrected chi connectivity index (χ0v) is 20.5. The quantitative estimate of drug-likeness (QED) is 0.422. The topological polar surface area (TPSA) is 85.4 Å². The second-order valence-electron chi connectivity index (χ2n) is 9.02. The fraction of sp³-hybridized carbons (Fsp3) is 0.444. The largest absolute Gasteiger partial charge is 0.497 e. The van der Waals surface area contributed by atoms with Crippen molar-refractivity contribution in [2.45, 2.75) is 38.1 Å². The van der Waals surface area contributed by atoms with Crippen molar-refractivity contribution in [2.75, 3.05) is 39.3 Å². The van der Waals surface area contributed by atoms with Gasteiger partial charge in [-0.15, -0.1) is 0 Å². The molecule has 0 aromatic heterocycles. The Balaban J connectivity index is 1.32. The molecule has 2 aliphatic rings. The third-order valence-corrected chi connectivity index (χ3v) is 7.08. The number of likely N-dealkylation sites (tertiary alicyclic amines) is 1. The van der Waals surface area contributed by atoms with E-state index in [-0.39, 0.29) is 18.2 Å². The molecule has 2 aromatic carbocycles. The first-order valence-corrected chi connectivity index (χ1v) is 11.9. The van der Waals surface area contributed by atoms with E-state index in [9.17, 15) is 14.4 Å². The van der Waals surface area contributed by atoms with E-state index in [0.29, 0.717) is 17.2 Å². The number of hydrogen-bond donors (Lipinski definition) is 0. The molecule has 186 valence electrons. The molecule has 0 saturated carbocycles. The molecule has 0 radical (unpaired) electrons. The monoisotopic (exact) mass is 480 g/mol. The number of benzene rings is 2. The van der Waals surface area contributed by atoms with Crippen LogP contribution in [-0.4, -0.2) is 63.1 Å². The Morgan fingerprint density at radius 3 is 2.31 bits per heavy atom. The van der Waals surface area contributed by atoms with Crippen molar-refractivity contribution in [2.24, 2.45) is 5.92 Å². The minimum absolute atomic E-state index is 0.186. The van der Waals surface area contributed by atoms with Crippen LogP contribution in [-0.2, 0) is 20.7 Å². The summed E-state index contributed by atoms with van der Waals surface area (Å²) >= 11 is 0. The average molecular weight is 481 g/mol. The molecule has 2 heterocycles.